The van der Waals surface area contributed by atoms with Crippen LogP contribution in [0.15, 0.2) is 12.1 Å². The first-order valence-corrected chi connectivity index (χ1v) is 6.21. The van der Waals surface area contributed by atoms with Crippen molar-refractivity contribution in [1.82, 2.24) is 5.32 Å². The molecule has 0 spiro atoms. The third kappa shape index (κ3) is 4.49. The number of aliphatic hydroxyl groups is 1. The van der Waals surface area contributed by atoms with E-state index in [0.29, 0.717) is 18.9 Å². The molecule has 1 rings (SSSR count). The summed E-state index contributed by atoms with van der Waals surface area (Å²) in [6, 6.07) is 0.735. The Morgan fingerprint density at radius 2 is 1.84 bits per heavy atom. The summed E-state index contributed by atoms with van der Waals surface area (Å²) in [6.45, 7) is 1.99. The standard InChI is InChI=1S/C13H19F3N2O/c1-8(3-2-4-19)18-13(7-17)9-5-11(15)12(16)6-10(9)14/h5-6,8,13,18-19H,2-4,7,17H2,1H3. The van der Waals surface area contributed by atoms with E-state index in [9.17, 15) is 13.2 Å². The molecule has 0 fully saturated rings. The van der Waals surface area contributed by atoms with E-state index in [1.54, 1.807) is 0 Å². The average molecular weight is 276 g/mol. The molecule has 6 heteroatoms. The van der Waals surface area contributed by atoms with Crippen LogP contribution >= 0.6 is 0 Å². The van der Waals surface area contributed by atoms with E-state index in [-0.39, 0.29) is 24.8 Å². The quantitative estimate of drug-likeness (QED) is 0.666. The Balaban J connectivity index is 2.82. The molecule has 4 N–H and O–H groups in total. The van der Waals surface area contributed by atoms with Crippen LogP contribution in [0.4, 0.5) is 13.2 Å². The molecule has 1 aromatic rings. The molecule has 0 aliphatic carbocycles. The number of nitrogens with two attached hydrogens (primary N) is 1. The van der Waals surface area contributed by atoms with E-state index < -0.39 is 23.5 Å². The number of rotatable bonds is 7. The van der Waals surface area contributed by atoms with Gasteiger partial charge >= 0.3 is 0 Å². The van der Waals surface area contributed by atoms with Crippen LogP contribution in [0.25, 0.3) is 0 Å². The van der Waals surface area contributed by atoms with E-state index in [1.807, 2.05) is 6.92 Å². The summed E-state index contributed by atoms with van der Waals surface area (Å²) in [4.78, 5) is 0. The molecule has 0 saturated carbocycles. The van der Waals surface area contributed by atoms with Gasteiger partial charge in [-0.3, -0.25) is 0 Å². The normalized spacial score (nSPS) is 14.4. The second kappa shape index (κ2) is 7.47. The van der Waals surface area contributed by atoms with Gasteiger partial charge in [-0.2, -0.15) is 0 Å². The summed E-state index contributed by atoms with van der Waals surface area (Å²) in [7, 11) is 0. The Labute approximate surface area is 110 Å². The molecule has 0 radical (unpaired) electrons. The molecule has 2 atom stereocenters. The lowest BCUT2D eigenvalue weighted by atomic mass is 10.0. The predicted molar refractivity (Wildman–Crippen MR) is 67.0 cm³/mol. The van der Waals surface area contributed by atoms with Crippen LogP contribution in [-0.2, 0) is 0 Å². The monoisotopic (exact) mass is 276 g/mol. The first-order valence-electron chi connectivity index (χ1n) is 6.21. The fourth-order valence-electron chi connectivity index (χ4n) is 1.91. The number of hydrogen-bond acceptors (Lipinski definition) is 3. The summed E-state index contributed by atoms with van der Waals surface area (Å²) >= 11 is 0. The van der Waals surface area contributed by atoms with Crippen molar-refractivity contribution in [2.24, 2.45) is 5.73 Å². The van der Waals surface area contributed by atoms with Crippen molar-refractivity contribution in [2.75, 3.05) is 13.2 Å². The van der Waals surface area contributed by atoms with Crippen molar-refractivity contribution in [1.29, 1.82) is 0 Å². The number of halogens is 3. The summed E-state index contributed by atoms with van der Waals surface area (Å²) in [6.07, 6.45) is 1.28. The summed E-state index contributed by atoms with van der Waals surface area (Å²) in [5, 5.41) is 11.8. The molecule has 1 aromatic carbocycles. The molecule has 3 nitrogen and oxygen atoms in total. The highest BCUT2D eigenvalue weighted by Crippen LogP contribution is 2.20. The number of nitrogens with one attached hydrogen (secondary N) is 1. The maximum atomic E-state index is 13.6. The summed E-state index contributed by atoms with van der Waals surface area (Å²) in [5.41, 5.74) is 5.56. The highest BCUT2D eigenvalue weighted by Gasteiger charge is 2.19. The molecule has 0 aromatic heterocycles. The van der Waals surface area contributed by atoms with Gasteiger partial charge in [-0.25, -0.2) is 13.2 Å². The lowest BCUT2D eigenvalue weighted by Crippen LogP contribution is -2.35. The van der Waals surface area contributed by atoms with Gasteiger partial charge in [0, 0.05) is 36.9 Å². The minimum atomic E-state index is -1.22. The minimum absolute atomic E-state index is 0.0113. The van der Waals surface area contributed by atoms with Gasteiger partial charge in [-0.1, -0.05) is 0 Å². The topological polar surface area (TPSA) is 58.3 Å². The highest BCUT2D eigenvalue weighted by molar-refractivity contribution is 5.24. The smallest absolute Gasteiger partial charge is 0.161 e. The van der Waals surface area contributed by atoms with Gasteiger partial charge in [0.15, 0.2) is 11.6 Å². The fraction of sp³-hybridized carbons (Fsp3) is 0.538. The van der Waals surface area contributed by atoms with Gasteiger partial charge in [0.1, 0.15) is 5.82 Å². The van der Waals surface area contributed by atoms with Crippen molar-refractivity contribution in [2.45, 2.75) is 31.8 Å². The van der Waals surface area contributed by atoms with E-state index in [4.69, 9.17) is 10.8 Å². The van der Waals surface area contributed by atoms with E-state index in [0.717, 1.165) is 6.07 Å². The molecule has 19 heavy (non-hydrogen) atoms. The Bertz CT molecular complexity index is 415. The largest absolute Gasteiger partial charge is 0.396 e. The zero-order chi connectivity index (χ0) is 14.4. The van der Waals surface area contributed by atoms with Crippen molar-refractivity contribution in [3.8, 4) is 0 Å². The molecular weight excluding hydrogens is 257 g/mol. The van der Waals surface area contributed by atoms with Crippen LogP contribution in [0.3, 0.4) is 0 Å². The maximum Gasteiger partial charge on any atom is 0.161 e. The second-order valence-electron chi connectivity index (χ2n) is 4.51. The summed E-state index contributed by atoms with van der Waals surface area (Å²) < 4.78 is 39.6. The lowest BCUT2D eigenvalue weighted by Gasteiger charge is -2.23. The summed E-state index contributed by atoms with van der Waals surface area (Å²) in [5.74, 6) is -3.14. The molecule has 0 amide bonds. The maximum absolute atomic E-state index is 13.6. The van der Waals surface area contributed by atoms with Crippen LogP contribution in [0.5, 0.6) is 0 Å². The van der Waals surface area contributed by atoms with Crippen LogP contribution < -0.4 is 11.1 Å². The third-order valence-electron chi connectivity index (χ3n) is 2.93. The first kappa shape index (κ1) is 15.9. The van der Waals surface area contributed by atoms with Gasteiger partial charge in [0.2, 0.25) is 0 Å². The molecule has 0 bridgehead atoms. The van der Waals surface area contributed by atoms with Gasteiger partial charge in [-0.15, -0.1) is 0 Å². The highest BCUT2D eigenvalue weighted by atomic mass is 19.2. The van der Waals surface area contributed by atoms with Crippen LogP contribution in [0.1, 0.15) is 31.4 Å². The van der Waals surface area contributed by atoms with E-state index >= 15 is 0 Å². The van der Waals surface area contributed by atoms with E-state index in [1.165, 1.54) is 0 Å². The molecule has 0 aliphatic rings. The van der Waals surface area contributed by atoms with Gasteiger partial charge in [-0.05, 0) is 25.8 Å². The SMILES string of the molecule is CC(CCCO)NC(CN)c1cc(F)c(F)cc1F. The van der Waals surface area contributed by atoms with Crippen molar-refractivity contribution < 1.29 is 18.3 Å². The first-order chi connectivity index (χ1) is 8.99. The number of hydrogen-bond donors (Lipinski definition) is 3. The molecule has 2 unspecified atom stereocenters. The Kier molecular flexibility index (Phi) is 6.27. The van der Waals surface area contributed by atoms with Gasteiger partial charge in [0.25, 0.3) is 0 Å². The van der Waals surface area contributed by atoms with Crippen LogP contribution in [-0.4, -0.2) is 24.3 Å². The second-order valence-corrected chi connectivity index (χ2v) is 4.51. The Morgan fingerprint density at radius 3 is 2.42 bits per heavy atom. The van der Waals surface area contributed by atoms with Crippen molar-refractivity contribution in [3.05, 3.63) is 35.1 Å². The zero-order valence-corrected chi connectivity index (χ0v) is 10.8. The Hall–Kier alpha value is -1.11. The molecule has 0 saturated heterocycles. The third-order valence-corrected chi connectivity index (χ3v) is 2.93. The van der Waals surface area contributed by atoms with Gasteiger partial charge < -0.3 is 16.2 Å². The van der Waals surface area contributed by atoms with Crippen molar-refractivity contribution >= 4 is 0 Å². The Morgan fingerprint density at radius 1 is 1.21 bits per heavy atom. The predicted octanol–water partition coefficient (Wildman–Crippen LogP) is 1.85. The minimum Gasteiger partial charge on any atom is -0.396 e. The van der Waals surface area contributed by atoms with Crippen LogP contribution in [0.2, 0.25) is 0 Å². The van der Waals surface area contributed by atoms with Crippen LogP contribution in [0, 0.1) is 17.5 Å². The molecular formula is C13H19F3N2O. The van der Waals surface area contributed by atoms with Crippen molar-refractivity contribution in [3.63, 3.8) is 0 Å². The average Bonchev–Trinajstić information content (AvgIpc) is 2.38. The lowest BCUT2D eigenvalue weighted by molar-refractivity contribution is 0.273. The molecule has 0 aliphatic heterocycles. The zero-order valence-electron chi connectivity index (χ0n) is 10.8. The number of benzene rings is 1. The molecule has 108 valence electrons. The fourth-order valence-corrected chi connectivity index (χ4v) is 1.91. The molecule has 0 heterocycles. The number of aliphatic hydroxyl groups excluding tert-OH is 1. The van der Waals surface area contributed by atoms with Gasteiger partial charge in [0.05, 0.1) is 0 Å². The van der Waals surface area contributed by atoms with E-state index in [2.05, 4.69) is 5.32 Å².